The Hall–Kier alpha value is -3.73. The first-order valence-electron chi connectivity index (χ1n) is 10.5. The monoisotopic (exact) mass is 408 g/mol. The number of anilines is 2. The van der Waals surface area contributed by atoms with E-state index in [1.807, 2.05) is 42.5 Å². The summed E-state index contributed by atoms with van der Waals surface area (Å²) in [6, 6.07) is 18.1. The first-order chi connectivity index (χ1) is 15.0. The second-order valence-corrected chi connectivity index (χ2v) is 8.83. The first-order valence-corrected chi connectivity index (χ1v) is 10.5. The molecule has 31 heavy (non-hydrogen) atoms. The number of Topliss-reactive ketones (excluding diaryl/α,β-unsaturated/α-hetero) is 1. The number of rotatable bonds is 4. The van der Waals surface area contributed by atoms with Crippen LogP contribution in [0.1, 0.15) is 36.3 Å². The van der Waals surface area contributed by atoms with E-state index in [-0.39, 0.29) is 11.2 Å². The molecule has 0 aliphatic heterocycles. The zero-order valence-electron chi connectivity index (χ0n) is 17.6. The van der Waals surface area contributed by atoms with E-state index in [1.165, 1.54) is 0 Å². The number of pyridine rings is 2. The van der Waals surface area contributed by atoms with Gasteiger partial charge < -0.3 is 10.3 Å². The van der Waals surface area contributed by atoms with Gasteiger partial charge in [0.2, 0.25) is 0 Å². The van der Waals surface area contributed by atoms with Crippen molar-refractivity contribution in [2.24, 2.45) is 5.41 Å². The number of carbonyl (C=O) groups excluding carboxylic acids is 1. The predicted molar refractivity (Wildman–Crippen MR) is 123 cm³/mol. The van der Waals surface area contributed by atoms with Crippen molar-refractivity contribution < 1.29 is 4.79 Å². The number of aromatic nitrogens is 3. The van der Waals surface area contributed by atoms with Crippen molar-refractivity contribution in [1.29, 1.82) is 0 Å². The molecule has 0 fully saturated rings. The fourth-order valence-electron chi connectivity index (χ4n) is 4.35. The molecule has 2 N–H and O–H groups in total. The van der Waals surface area contributed by atoms with Gasteiger partial charge in [-0.1, -0.05) is 44.2 Å². The topological polar surface area (TPSA) is 70.7 Å². The van der Waals surface area contributed by atoms with Gasteiger partial charge >= 0.3 is 0 Å². The summed E-state index contributed by atoms with van der Waals surface area (Å²) in [5, 5.41) is 3.46. The molecule has 4 aromatic rings. The van der Waals surface area contributed by atoms with E-state index in [4.69, 9.17) is 0 Å². The number of hydrogen-bond donors (Lipinski definition) is 2. The molecule has 1 aliphatic carbocycles. The van der Waals surface area contributed by atoms with E-state index >= 15 is 0 Å². The van der Waals surface area contributed by atoms with Gasteiger partial charge in [0.25, 0.3) is 0 Å². The fourth-order valence-corrected chi connectivity index (χ4v) is 4.35. The lowest BCUT2D eigenvalue weighted by Gasteiger charge is -2.28. The molecule has 154 valence electrons. The van der Waals surface area contributed by atoms with Crippen LogP contribution < -0.4 is 5.32 Å². The normalized spacial score (nSPS) is 14.8. The molecule has 1 aromatic carbocycles. The minimum absolute atomic E-state index is 0.0623. The Bertz CT molecular complexity index is 1240. The minimum Gasteiger partial charge on any atom is -0.356 e. The number of H-pyrrole nitrogens is 1. The van der Waals surface area contributed by atoms with Crippen LogP contribution in [0.2, 0.25) is 0 Å². The van der Waals surface area contributed by atoms with Crippen LogP contribution in [0, 0.1) is 5.41 Å². The summed E-state index contributed by atoms with van der Waals surface area (Å²) in [6.45, 7) is 4.28. The molecule has 3 heterocycles. The summed E-state index contributed by atoms with van der Waals surface area (Å²) >= 11 is 0. The Morgan fingerprint density at radius 3 is 2.42 bits per heavy atom. The lowest BCUT2D eigenvalue weighted by atomic mass is 9.76. The molecule has 1 aliphatic rings. The third kappa shape index (κ3) is 3.75. The summed E-state index contributed by atoms with van der Waals surface area (Å²) < 4.78 is 0. The highest BCUT2D eigenvalue weighted by Crippen LogP contribution is 2.43. The van der Waals surface area contributed by atoms with Crippen molar-refractivity contribution >= 4 is 17.3 Å². The number of benzene rings is 1. The van der Waals surface area contributed by atoms with Crippen molar-refractivity contribution in [2.75, 3.05) is 5.32 Å². The molecule has 5 nitrogen and oxygen atoms in total. The van der Waals surface area contributed by atoms with Gasteiger partial charge in [0, 0.05) is 36.3 Å². The zero-order chi connectivity index (χ0) is 21.4. The Morgan fingerprint density at radius 1 is 0.903 bits per heavy atom. The van der Waals surface area contributed by atoms with Crippen LogP contribution >= 0.6 is 0 Å². The number of aromatic amines is 1. The van der Waals surface area contributed by atoms with Crippen molar-refractivity contribution in [2.45, 2.75) is 26.7 Å². The van der Waals surface area contributed by atoms with Crippen molar-refractivity contribution in [3.63, 3.8) is 0 Å². The molecule has 3 aromatic heterocycles. The van der Waals surface area contributed by atoms with Crippen LogP contribution in [0.5, 0.6) is 0 Å². The summed E-state index contributed by atoms with van der Waals surface area (Å²) in [4.78, 5) is 25.3. The van der Waals surface area contributed by atoms with Crippen LogP contribution in [0.25, 0.3) is 22.4 Å². The van der Waals surface area contributed by atoms with Crippen molar-refractivity contribution in [3.05, 3.63) is 84.4 Å². The van der Waals surface area contributed by atoms with Gasteiger partial charge in [0.15, 0.2) is 5.78 Å². The molecule has 0 spiro atoms. The Labute approximate surface area is 181 Å². The van der Waals surface area contributed by atoms with Crippen molar-refractivity contribution in [1.82, 2.24) is 15.0 Å². The Balaban J connectivity index is 1.61. The van der Waals surface area contributed by atoms with Gasteiger partial charge in [0.1, 0.15) is 5.82 Å². The molecule has 0 radical (unpaired) electrons. The number of nitrogens with one attached hydrogen (secondary N) is 2. The average Bonchev–Trinajstić information content (AvgIpc) is 3.12. The smallest absolute Gasteiger partial charge is 0.167 e. The molecule has 5 heteroatoms. The van der Waals surface area contributed by atoms with Crippen molar-refractivity contribution in [3.8, 4) is 22.4 Å². The molecule has 5 rings (SSSR count). The third-order valence-electron chi connectivity index (χ3n) is 5.74. The van der Waals surface area contributed by atoms with Crippen LogP contribution in [0.4, 0.5) is 11.5 Å². The van der Waals surface area contributed by atoms with Crippen LogP contribution in [-0.4, -0.2) is 20.7 Å². The third-order valence-corrected chi connectivity index (χ3v) is 5.74. The fraction of sp³-hybridized carbons (Fsp3) is 0.192. The van der Waals surface area contributed by atoms with E-state index in [1.54, 1.807) is 18.6 Å². The lowest BCUT2D eigenvalue weighted by molar-refractivity contribution is 0.0912. The molecular weight excluding hydrogens is 384 g/mol. The zero-order valence-corrected chi connectivity index (χ0v) is 17.6. The van der Waals surface area contributed by atoms with Gasteiger partial charge in [-0.2, -0.15) is 0 Å². The predicted octanol–water partition coefficient (Wildman–Crippen LogP) is 6.04. The lowest BCUT2D eigenvalue weighted by Crippen LogP contribution is -2.26. The molecule has 0 unspecified atom stereocenters. The highest BCUT2D eigenvalue weighted by Gasteiger charge is 2.35. The highest BCUT2D eigenvalue weighted by atomic mass is 16.1. The molecular formula is C26H24N4O. The maximum absolute atomic E-state index is 13.2. The largest absolute Gasteiger partial charge is 0.356 e. The number of hydrogen-bond acceptors (Lipinski definition) is 4. The van der Waals surface area contributed by atoms with E-state index < -0.39 is 0 Å². The SMILES string of the molecule is CC1(C)CC(=O)c2c([nH]c(-c3ccncc3)c2Nc2cc(-c3ccccc3)ccn2)C1. The van der Waals surface area contributed by atoms with Gasteiger partial charge in [-0.05, 0) is 47.2 Å². The minimum atomic E-state index is -0.0623. The van der Waals surface area contributed by atoms with Crippen LogP contribution in [0.3, 0.4) is 0 Å². The average molecular weight is 409 g/mol. The first kappa shape index (κ1) is 19.2. The molecule has 0 bridgehead atoms. The highest BCUT2D eigenvalue weighted by molar-refractivity contribution is 6.07. The standard InChI is InChI=1S/C26H24N4O/c1-26(2)15-20-23(21(31)16-26)25(24(29-20)18-8-11-27-12-9-18)30-22-14-19(10-13-28-22)17-6-4-3-5-7-17/h3-14,29H,15-16H2,1-2H3,(H,28,30). The quantitative estimate of drug-likeness (QED) is 0.432. The summed E-state index contributed by atoms with van der Waals surface area (Å²) in [5.41, 5.74) is 6.53. The maximum atomic E-state index is 13.2. The number of nitrogens with zero attached hydrogens (tertiary/aromatic N) is 2. The van der Waals surface area contributed by atoms with Crippen LogP contribution in [0.15, 0.2) is 73.2 Å². The Kier molecular flexibility index (Phi) is 4.66. The van der Waals surface area contributed by atoms with Crippen LogP contribution in [-0.2, 0) is 6.42 Å². The van der Waals surface area contributed by atoms with Gasteiger partial charge in [-0.3, -0.25) is 9.78 Å². The van der Waals surface area contributed by atoms with E-state index in [2.05, 4.69) is 46.2 Å². The molecule has 0 atom stereocenters. The second kappa shape index (κ2) is 7.51. The number of carbonyl (C=O) groups is 1. The molecule has 0 saturated carbocycles. The van der Waals surface area contributed by atoms with Gasteiger partial charge in [-0.25, -0.2) is 4.98 Å². The van der Waals surface area contributed by atoms with Gasteiger partial charge in [-0.15, -0.1) is 0 Å². The van der Waals surface area contributed by atoms with E-state index in [0.717, 1.165) is 45.7 Å². The van der Waals surface area contributed by atoms with Gasteiger partial charge in [0.05, 0.1) is 16.9 Å². The maximum Gasteiger partial charge on any atom is 0.167 e. The number of fused-ring (bicyclic) bond motifs is 1. The summed E-state index contributed by atoms with van der Waals surface area (Å²) in [5.74, 6) is 0.862. The summed E-state index contributed by atoms with van der Waals surface area (Å²) in [6.07, 6.45) is 6.67. The summed E-state index contributed by atoms with van der Waals surface area (Å²) in [7, 11) is 0. The Morgan fingerprint density at radius 2 is 1.65 bits per heavy atom. The number of ketones is 1. The molecule has 0 amide bonds. The van der Waals surface area contributed by atoms with E-state index in [0.29, 0.717) is 12.2 Å². The second-order valence-electron chi connectivity index (χ2n) is 8.83. The van der Waals surface area contributed by atoms with E-state index in [9.17, 15) is 4.79 Å². The molecule has 0 saturated heterocycles.